The van der Waals surface area contributed by atoms with E-state index in [4.69, 9.17) is 5.73 Å². The van der Waals surface area contributed by atoms with Crippen LogP contribution in [0.5, 0.6) is 0 Å². The molecule has 0 saturated carbocycles. The number of benzene rings is 1. The minimum absolute atomic E-state index is 0.0572. The average molecular weight is 327 g/mol. The first kappa shape index (κ1) is 15.0. The van der Waals surface area contributed by atoms with E-state index in [1.165, 1.54) is 5.56 Å². The van der Waals surface area contributed by atoms with E-state index in [2.05, 4.69) is 46.0 Å². The van der Waals surface area contributed by atoms with E-state index < -0.39 is 5.60 Å². The lowest BCUT2D eigenvalue weighted by Crippen LogP contribution is -2.48. The van der Waals surface area contributed by atoms with Gasteiger partial charge in [0.1, 0.15) is 0 Å². The Bertz CT molecular complexity index is 424. The zero-order chi connectivity index (χ0) is 14.0. The van der Waals surface area contributed by atoms with Crippen molar-refractivity contribution in [1.29, 1.82) is 0 Å². The summed E-state index contributed by atoms with van der Waals surface area (Å²) < 4.78 is 1.11. The molecule has 106 valence electrons. The summed E-state index contributed by atoms with van der Waals surface area (Å²) in [6, 6.07) is 8.52. The van der Waals surface area contributed by atoms with E-state index in [-0.39, 0.29) is 12.1 Å². The van der Waals surface area contributed by atoms with Crippen molar-refractivity contribution in [2.75, 3.05) is 13.1 Å². The fourth-order valence-electron chi connectivity index (χ4n) is 2.81. The van der Waals surface area contributed by atoms with Crippen LogP contribution in [0.15, 0.2) is 28.7 Å². The highest BCUT2D eigenvalue weighted by atomic mass is 79.9. The van der Waals surface area contributed by atoms with Gasteiger partial charge >= 0.3 is 0 Å². The standard InChI is InChI=1S/C15H23BrN2O/c1-11(17)14(12-5-3-4-6-13(12)16)18-9-7-15(2,19)8-10-18/h3-6,11,14,19H,7-10,17H2,1-2H3. The number of nitrogens with zero attached hydrogens (tertiary/aromatic N) is 1. The van der Waals surface area contributed by atoms with E-state index in [0.717, 1.165) is 30.4 Å². The van der Waals surface area contributed by atoms with Gasteiger partial charge in [-0.05, 0) is 38.3 Å². The predicted molar refractivity (Wildman–Crippen MR) is 82.0 cm³/mol. The molecular formula is C15H23BrN2O. The molecule has 3 N–H and O–H groups in total. The van der Waals surface area contributed by atoms with Crippen LogP contribution in [-0.4, -0.2) is 34.7 Å². The number of piperidine rings is 1. The highest BCUT2D eigenvalue weighted by molar-refractivity contribution is 9.10. The minimum Gasteiger partial charge on any atom is -0.390 e. The van der Waals surface area contributed by atoms with Crippen molar-refractivity contribution in [2.45, 2.75) is 44.4 Å². The van der Waals surface area contributed by atoms with Crippen molar-refractivity contribution in [3.63, 3.8) is 0 Å². The molecule has 2 rings (SSSR count). The van der Waals surface area contributed by atoms with Gasteiger partial charge in [0.25, 0.3) is 0 Å². The Morgan fingerprint density at radius 3 is 2.42 bits per heavy atom. The first-order valence-electron chi connectivity index (χ1n) is 6.87. The number of nitrogens with two attached hydrogens (primary N) is 1. The van der Waals surface area contributed by atoms with Gasteiger partial charge < -0.3 is 10.8 Å². The minimum atomic E-state index is -0.521. The number of hydrogen-bond donors (Lipinski definition) is 2. The smallest absolute Gasteiger partial charge is 0.0644 e. The van der Waals surface area contributed by atoms with Crippen molar-refractivity contribution in [1.82, 2.24) is 4.90 Å². The van der Waals surface area contributed by atoms with Crippen LogP contribution in [0.25, 0.3) is 0 Å². The van der Waals surface area contributed by atoms with Gasteiger partial charge in [0.15, 0.2) is 0 Å². The number of rotatable bonds is 3. The molecule has 1 fully saturated rings. The quantitative estimate of drug-likeness (QED) is 0.897. The van der Waals surface area contributed by atoms with Crippen LogP contribution in [-0.2, 0) is 0 Å². The summed E-state index contributed by atoms with van der Waals surface area (Å²) >= 11 is 3.62. The number of hydrogen-bond acceptors (Lipinski definition) is 3. The van der Waals surface area contributed by atoms with Crippen molar-refractivity contribution in [3.8, 4) is 0 Å². The highest BCUT2D eigenvalue weighted by Gasteiger charge is 2.33. The molecule has 4 heteroatoms. The molecule has 0 amide bonds. The van der Waals surface area contributed by atoms with Crippen LogP contribution >= 0.6 is 15.9 Å². The Hall–Kier alpha value is -0.420. The van der Waals surface area contributed by atoms with Crippen molar-refractivity contribution in [3.05, 3.63) is 34.3 Å². The lowest BCUT2D eigenvalue weighted by atomic mass is 9.90. The fourth-order valence-corrected chi connectivity index (χ4v) is 3.33. The summed E-state index contributed by atoms with van der Waals surface area (Å²) in [5, 5.41) is 10.1. The molecule has 1 aliphatic heterocycles. The van der Waals surface area contributed by atoms with E-state index in [1.807, 2.05) is 13.0 Å². The molecule has 1 aromatic rings. The number of likely N-dealkylation sites (tertiary alicyclic amines) is 1. The van der Waals surface area contributed by atoms with Gasteiger partial charge in [-0.15, -0.1) is 0 Å². The van der Waals surface area contributed by atoms with E-state index >= 15 is 0 Å². The SMILES string of the molecule is CC(N)C(c1ccccc1Br)N1CCC(C)(O)CC1. The van der Waals surface area contributed by atoms with Crippen LogP contribution in [0, 0.1) is 0 Å². The van der Waals surface area contributed by atoms with E-state index in [0.29, 0.717) is 0 Å². The zero-order valence-corrected chi connectivity index (χ0v) is 13.2. The van der Waals surface area contributed by atoms with Gasteiger partial charge in [0.2, 0.25) is 0 Å². The van der Waals surface area contributed by atoms with Crippen molar-refractivity contribution >= 4 is 15.9 Å². The molecule has 0 aromatic heterocycles. The van der Waals surface area contributed by atoms with Gasteiger partial charge in [-0.1, -0.05) is 34.1 Å². The molecule has 1 aliphatic rings. The second-order valence-corrected chi connectivity index (χ2v) is 6.71. The molecule has 0 bridgehead atoms. The maximum absolute atomic E-state index is 10.1. The van der Waals surface area contributed by atoms with Crippen LogP contribution in [0.4, 0.5) is 0 Å². The van der Waals surface area contributed by atoms with Gasteiger partial charge in [-0.3, -0.25) is 4.90 Å². The summed E-state index contributed by atoms with van der Waals surface area (Å²) in [6.45, 7) is 5.75. The van der Waals surface area contributed by atoms with Crippen molar-refractivity contribution < 1.29 is 5.11 Å². The number of aliphatic hydroxyl groups is 1. The third kappa shape index (κ3) is 3.57. The summed E-state index contributed by atoms with van der Waals surface area (Å²) in [5.41, 5.74) is 6.93. The Kier molecular flexibility index (Phi) is 4.66. The fraction of sp³-hybridized carbons (Fsp3) is 0.600. The molecule has 1 heterocycles. The highest BCUT2D eigenvalue weighted by Crippen LogP contribution is 2.33. The molecule has 2 atom stereocenters. The van der Waals surface area contributed by atoms with Crippen molar-refractivity contribution in [2.24, 2.45) is 5.73 Å². The monoisotopic (exact) mass is 326 g/mol. The molecule has 0 radical (unpaired) electrons. The third-order valence-electron chi connectivity index (χ3n) is 3.99. The topological polar surface area (TPSA) is 49.5 Å². The Morgan fingerprint density at radius 1 is 1.32 bits per heavy atom. The molecule has 2 unspecified atom stereocenters. The Morgan fingerprint density at radius 2 is 1.89 bits per heavy atom. The Labute approximate surface area is 123 Å². The van der Waals surface area contributed by atoms with Gasteiger partial charge in [-0.2, -0.15) is 0 Å². The van der Waals surface area contributed by atoms with E-state index in [9.17, 15) is 5.11 Å². The third-order valence-corrected chi connectivity index (χ3v) is 4.71. The van der Waals surface area contributed by atoms with Crippen LogP contribution < -0.4 is 5.73 Å². The van der Waals surface area contributed by atoms with Crippen LogP contribution in [0.3, 0.4) is 0 Å². The summed E-state index contributed by atoms with van der Waals surface area (Å²) in [4.78, 5) is 2.39. The first-order chi connectivity index (χ1) is 8.91. The second kappa shape index (κ2) is 5.92. The van der Waals surface area contributed by atoms with Crippen LogP contribution in [0.1, 0.15) is 38.3 Å². The molecule has 3 nitrogen and oxygen atoms in total. The van der Waals surface area contributed by atoms with Gasteiger partial charge in [0, 0.05) is 23.6 Å². The summed E-state index contributed by atoms with van der Waals surface area (Å²) in [7, 11) is 0. The van der Waals surface area contributed by atoms with Gasteiger partial charge in [0.05, 0.1) is 11.6 Å². The maximum atomic E-state index is 10.1. The molecule has 1 aromatic carbocycles. The second-order valence-electron chi connectivity index (χ2n) is 5.86. The molecule has 0 spiro atoms. The molecule has 0 aliphatic carbocycles. The predicted octanol–water partition coefficient (Wildman–Crippen LogP) is 2.68. The lowest BCUT2D eigenvalue weighted by Gasteiger charge is -2.42. The van der Waals surface area contributed by atoms with Crippen LogP contribution in [0.2, 0.25) is 0 Å². The van der Waals surface area contributed by atoms with Gasteiger partial charge in [-0.25, -0.2) is 0 Å². The normalized spacial score (nSPS) is 23.0. The lowest BCUT2D eigenvalue weighted by molar-refractivity contribution is -0.0195. The molecular weight excluding hydrogens is 304 g/mol. The average Bonchev–Trinajstić information content (AvgIpc) is 2.33. The summed E-state index contributed by atoms with van der Waals surface area (Å²) in [6.07, 6.45) is 1.61. The first-order valence-corrected chi connectivity index (χ1v) is 7.66. The molecule has 19 heavy (non-hydrogen) atoms. The maximum Gasteiger partial charge on any atom is 0.0644 e. The number of halogens is 1. The summed E-state index contributed by atoms with van der Waals surface area (Å²) in [5.74, 6) is 0. The molecule has 1 saturated heterocycles. The van der Waals surface area contributed by atoms with E-state index in [1.54, 1.807) is 0 Å². The Balaban J connectivity index is 2.20. The largest absolute Gasteiger partial charge is 0.390 e. The zero-order valence-electron chi connectivity index (χ0n) is 11.6.